The number of carbonyl (C=O) groups is 3. The largest absolute Gasteiger partial charge is 0.508 e. The second-order valence-corrected chi connectivity index (χ2v) is 13.2. The molecule has 254 valence electrons. The molecule has 0 aromatic heterocycles. The number of fused-ring (bicyclic) bond motifs is 1. The summed E-state index contributed by atoms with van der Waals surface area (Å²) < 4.78 is 5.56. The fourth-order valence-electron chi connectivity index (χ4n) is 5.77. The molecule has 0 heterocycles. The first-order valence-electron chi connectivity index (χ1n) is 17.0. The molecule has 0 radical (unpaired) electrons. The van der Waals surface area contributed by atoms with Gasteiger partial charge in [-0.1, -0.05) is 112 Å². The maximum absolute atomic E-state index is 14.8. The Hall–Kier alpha value is -4.85. The molecule has 0 spiro atoms. The normalized spacial score (nSPS) is 12.6. The van der Waals surface area contributed by atoms with Gasteiger partial charge in [-0.2, -0.15) is 0 Å². The van der Waals surface area contributed by atoms with E-state index in [1.807, 2.05) is 72.8 Å². The first-order valence-corrected chi connectivity index (χ1v) is 17.0. The zero-order valence-corrected chi connectivity index (χ0v) is 28.6. The number of nitrogens with zero attached hydrogens (tertiary/aromatic N) is 1. The Labute approximate surface area is 284 Å². The van der Waals surface area contributed by atoms with E-state index in [4.69, 9.17) is 4.74 Å². The van der Waals surface area contributed by atoms with Crippen LogP contribution in [0.4, 0.5) is 10.5 Å². The highest BCUT2D eigenvalue weighted by Crippen LogP contribution is 2.29. The minimum Gasteiger partial charge on any atom is -0.508 e. The maximum atomic E-state index is 14.8. The number of phenols is 1. The van der Waals surface area contributed by atoms with Crippen LogP contribution >= 0.6 is 0 Å². The number of hydrogen-bond donors (Lipinski definition) is 3. The number of amides is 3. The van der Waals surface area contributed by atoms with Crippen molar-refractivity contribution in [1.82, 2.24) is 10.2 Å². The van der Waals surface area contributed by atoms with Gasteiger partial charge >= 0.3 is 6.09 Å². The average molecular weight is 652 g/mol. The quantitative estimate of drug-likeness (QED) is 0.112. The van der Waals surface area contributed by atoms with Gasteiger partial charge < -0.3 is 25.4 Å². The molecule has 48 heavy (non-hydrogen) atoms. The highest BCUT2D eigenvalue weighted by atomic mass is 16.6. The molecule has 8 heteroatoms. The van der Waals surface area contributed by atoms with Gasteiger partial charge in [-0.05, 0) is 73.4 Å². The fourth-order valence-corrected chi connectivity index (χ4v) is 5.77. The van der Waals surface area contributed by atoms with E-state index in [-0.39, 0.29) is 18.7 Å². The lowest BCUT2D eigenvalue weighted by molar-refractivity contribution is -0.140. The third kappa shape index (κ3) is 10.9. The van der Waals surface area contributed by atoms with Gasteiger partial charge in [-0.15, -0.1) is 0 Å². The molecule has 4 rings (SSSR count). The van der Waals surface area contributed by atoms with Gasteiger partial charge in [0.15, 0.2) is 0 Å². The van der Waals surface area contributed by atoms with Crippen molar-refractivity contribution in [2.75, 3.05) is 11.9 Å². The van der Waals surface area contributed by atoms with Crippen LogP contribution in [0.5, 0.6) is 5.75 Å². The van der Waals surface area contributed by atoms with Gasteiger partial charge in [-0.3, -0.25) is 9.59 Å². The molecule has 4 aromatic rings. The van der Waals surface area contributed by atoms with Crippen molar-refractivity contribution in [3.63, 3.8) is 0 Å². The minimum atomic E-state index is -1.09. The predicted molar refractivity (Wildman–Crippen MR) is 192 cm³/mol. The Morgan fingerprint density at radius 3 is 2.19 bits per heavy atom. The van der Waals surface area contributed by atoms with Gasteiger partial charge in [0.2, 0.25) is 5.91 Å². The van der Waals surface area contributed by atoms with Crippen molar-refractivity contribution in [1.29, 1.82) is 0 Å². The monoisotopic (exact) mass is 651 g/mol. The molecule has 3 N–H and O–H groups in total. The Bertz CT molecular complexity index is 1650. The third-order valence-electron chi connectivity index (χ3n) is 8.07. The number of hydrogen-bond acceptors (Lipinski definition) is 5. The maximum Gasteiger partial charge on any atom is 0.408 e. The number of anilines is 1. The van der Waals surface area contributed by atoms with Crippen LogP contribution in [0.3, 0.4) is 0 Å². The van der Waals surface area contributed by atoms with Crippen molar-refractivity contribution < 1.29 is 24.2 Å². The summed E-state index contributed by atoms with van der Waals surface area (Å²) >= 11 is 0. The van der Waals surface area contributed by atoms with Crippen LogP contribution in [0.25, 0.3) is 10.8 Å². The van der Waals surface area contributed by atoms with E-state index in [0.29, 0.717) is 17.7 Å². The van der Waals surface area contributed by atoms with Crippen LogP contribution < -0.4 is 10.6 Å². The van der Waals surface area contributed by atoms with Crippen molar-refractivity contribution >= 4 is 34.4 Å². The van der Waals surface area contributed by atoms with E-state index < -0.39 is 35.6 Å². The number of aromatic hydroxyl groups is 1. The van der Waals surface area contributed by atoms with E-state index in [1.165, 1.54) is 12.1 Å². The summed E-state index contributed by atoms with van der Waals surface area (Å²) in [6.07, 6.45) is 5.40. The molecule has 8 nitrogen and oxygen atoms in total. The van der Waals surface area contributed by atoms with Crippen LogP contribution in [-0.2, 0) is 20.7 Å². The number of benzene rings is 4. The van der Waals surface area contributed by atoms with Crippen LogP contribution in [-0.4, -0.2) is 46.1 Å². The summed E-state index contributed by atoms with van der Waals surface area (Å²) in [7, 11) is 0. The zero-order chi connectivity index (χ0) is 34.5. The summed E-state index contributed by atoms with van der Waals surface area (Å²) in [5.74, 6) is -0.859. The average Bonchev–Trinajstić information content (AvgIpc) is 3.04. The Morgan fingerprint density at radius 1 is 0.792 bits per heavy atom. The van der Waals surface area contributed by atoms with Crippen molar-refractivity contribution in [2.45, 2.75) is 90.3 Å². The minimum absolute atomic E-state index is 0.0179. The molecule has 3 amide bonds. The molecule has 0 saturated carbocycles. The molecule has 0 aliphatic heterocycles. The third-order valence-corrected chi connectivity index (χ3v) is 8.07. The Morgan fingerprint density at radius 2 is 1.48 bits per heavy atom. The van der Waals surface area contributed by atoms with E-state index >= 15 is 0 Å². The van der Waals surface area contributed by atoms with Gasteiger partial charge in [0, 0.05) is 18.7 Å². The highest BCUT2D eigenvalue weighted by molar-refractivity contribution is 6.00. The number of carbonyl (C=O) groups excluding carboxylic acids is 3. The second kappa shape index (κ2) is 17.3. The predicted octanol–water partition coefficient (Wildman–Crippen LogP) is 8.55. The molecule has 0 aliphatic carbocycles. The fraction of sp³-hybridized carbons (Fsp3) is 0.375. The zero-order valence-electron chi connectivity index (χ0n) is 28.6. The summed E-state index contributed by atoms with van der Waals surface area (Å²) in [6, 6.07) is 27.3. The molecule has 2 unspecified atom stereocenters. The van der Waals surface area contributed by atoms with E-state index in [1.54, 1.807) is 37.8 Å². The Kier molecular flexibility index (Phi) is 13.0. The van der Waals surface area contributed by atoms with Gasteiger partial charge in [0.1, 0.15) is 23.4 Å². The number of nitrogens with one attached hydrogen (secondary N) is 2. The van der Waals surface area contributed by atoms with Crippen LogP contribution in [0.2, 0.25) is 0 Å². The lowest BCUT2D eigenvalue weighted by atomic mass is 9.99. The summed E-state index contributed by atoms with van der Waals surface area (Å²) in [5.41, 5.74) is 1.12. The molecular weight excluding hydrogens is 602 g/mol. The number of alkyl carbamates (subject to hydrolysis) is 1. The summed E-state index contributed by atoms with van der Waals surface area (Å²) in [4.78, 5) is 43.8. The van der Waals surface area contributed by atoms with Gasteiger partial charge in [0.25, 0.3) is 5.91 Å². The molecule has 0 bridgehead atoms. The SMILES string of the molecule is CCCCCCCCN(C(=O)C(Cc1ccccc1)NC(=O)OC(C)(C)C)C(C(=O)Nc1ccc2ccccc2c1)c1cccc(O)c1. The second-order valence-electron chi connectivity index (χ2n) is 13.2. The van der Waals surface area contributed by atoms with E-state index in [2.05, 4.69) is 17.6 Å². The highest BCUT2D eigenvalue weighted by Gasteiger charge is 2.36. The van der Waals surface area contributed by atoms with E-state index in [9.17, 15) is 19.5 Å². The van der Waals surface area contributed by atoms with Crippen molar-refractivity contribution in [2.24, 2.45) is 0 Å². The Balaban J connectivity index is 1.73. The molecule has 0 saturated heterocycles. The topological polar surface area (TPSA) is 108 Å². The standard InChI is InChI=1S/C40H49N3O5/c1-5-6-7-8-9-15-25-43(38(46)35(26-29-17-11-10-12-18-29)42-39(47)48-40(2,3)4)36(32-21-16-22-34(44)28-32)37(45)41-33-24-23-30-19-13-14-20-31(30)27-33/h10-14,16-24,27-28,35-36,44H,5-9,15,25-26H2,1-4H3,(H,41,45)(H,42,47). The number of phenolic OH excluding ortho intramolecular Hbond substituents is 1. The summed E-state index contributed by atoms with van der Waals surface area (Å²) in [6.45, 7) is 7.73. The number of ether oxygens (including phenoxy) is 1. The van der Waals surface area contributed by atoms with Crippen molar-refractivity contribution in [3.8, 4) is 5.75 Å². The van der Waals surface area contributed by atoms with Gasteiger partial charge in [-0.25, -0.2) is 4.79 Å². The van der Waals surface area contributed by atoms with Crippen molar-refractivity contribution in [3.05, 3.63) is 108 Å². The first kappa shape index (κ1) is 36.0. The summed E-state index contributed by atoms with van der Waals surface area (Å²) in [5, 5.41) is 18.3. The molecule has 2 atom stereocenters. The first-order chi connectivity index (χ1) is 23.0. The molecule has 4 aromatic carbocycles. The van der Waals surface area contributed by atoms with Crippen LogP contribution in [0.15, 0.2) is 97.1 Å². The molecule has 0 fully saturated rings. The van der Waals surface area contributed by atoms with Gasteiger partial charge in [0.05, 0.1) is 0 Å². The van der Waals surface area contributed by atoms with E-state index in [0.717, 1.165) is 48.4 Å². The smallest absolute Gasteiger partial charge is 0.408 e. The van der Waals surface area contributed by atoms with Crippen LogP contribution in [0.1, 0.15) is 83.4 Å². The lowest BCUT2D eigenvalue weighted by Crippen LogP contribution is -2.53. The van der Waals surface area contributed by atoms with Crippen LogP contribution in [0, 0.1) is 0 Å². The molecular formula is C40H49N3O5. The molecule has 0 aliphatic rings. The lowest BCUT2D eigenvalue weighted by Gasteiger charge is -2.35. The number of unbranched alkanes of at least 4 members (excludes halogenated alkanes) is 5. The number of rotatable bonds is 15.